The summed E-state index contributed by atoms with van der Waals surface area (Å²) in [4.78, 5) is 0. The Balaban J connectivity index is 2.76. The molecule has 0 saturated heterocycles. The van der Waals surface area contributed by atoms with E-state index in [9.17, 15) is 5.11 Å². The van der Waals surface area contributed by atoms with E-state index in [1.54, 1.807) is 12.1 Å². The minimum Gasteiger partial charge on any atom is -0.396 e. The van der Waals surface area contributed by atoms with Crippen LogP contribution in [-0.4, -0.2) is 28.9 Å². The molecule has 0 unspecified atom stereocenters. The Bertz CT molecular complexity index is 402. The summed E-state index contributed by atoms with van der Waals surface area (Å²) < 4.78 is 0. The van der Waals surface area contributed by atoms with E-state index in [1.807, 2.05) is 13.8 Å². The number of hydrogen-bond donors (Lipinski definition) is 4. The van der Waals surface area contributed by atoms with Crippen LogP contribution in [0.3, 0.4) is 0 Å². The van der Waals surface area contributed by atoms with E-state index < -0.39 is 11.6 Å². The molecule has 5 N–H and O–H groups in total. The number of nitrogen functional groups attached to an aromatic ring is 1. The summed E-state index contributed by atoms with van der Waals surface area (Å²) in [5.41, 5.74) is 6.05. The van der Waals surface area contributed by atoms with Gasteiger partial charge >= 0.3 is 0 Å². The van der Waals surface area contributed by atoms with Gasteiger partial charge in [-0.1, -0.05) is 23.2 Å². The van der Waals surface area contributed by atoms with Gasteiger partial charge in [-0.15, -0.1) is 0 Å². The number of hydrogen-bond acceptors (Lipinski definition) is 4. The van der Waals surface area contributed by atoms with E-state index in [0.29, 0.717) is 21.3 Å². The SMILES string of the molecule is CC(C)(CO)NC[C@H](O)c1cc(Cl)c(N)c(Cl)c1. The van der Waals surface area contributed by atoms with E-state index in [0.717, 1.165) is 0 Å². The van der Waals surface area contributed by atoms with Crippen LogP contribution in [0.4, 0.5) is 5.69 Å². The molecule has 0 fully saturated rings. The number of aliphatic hydroxyl groups is 2. The molecular formula is C12H18Cl2N2O2. The molecule has 1 atom stereocenters. The Morgan fingerprint density at radius 3 is 2.28 bits per heavy atom. The van der Waals surface area contributed by atoms with E-state index in [2.05, 4.69) is 5.32 Å². The second kappa shape index (κ2) is 6.08. The van der Waals surface area contributed by atoms with Crippen molar-refractivity contribution in [2.75, 3.05) is 18.9 Å². The molecule has 0 amide bonds. The number of benzene rings is 1. The fraction of sp³-hybridized carbons (Fsp3) is 0.500. The van der Waals surface area contributed by atoms with Crippen LogP contribution in [0.5, 0.6) is 0 Å². The van der Waals surface area contributed by atoms with Crippen LogP contribution in [0.25, 0.3) is 0 Å². The van der Waals surface area contributed by atoms with Crippen molar-refractivity contribution >= 4 is 28.9 Å². The Morgan fingerprint density at radius 2 is 1.83 bits per heavy atom. The molecule has 18 heavy (non-hydrogen) atoms. The van der Waals surface area contributed by atoms with Crippen LogP contribution < -0.4 is 11.1 Å². The highest BCUT2D eigenvalue weighted by atomic mass is 35.5. The van der Waals surface area contributed by atoms with Crippen molar-refractivity contribution in [1.29, 1.82) is 0 Å². The summed E-state index contributed by atoms with van der Waals surface area (Å²) >= 11 is 11.8. The third-order valence-electron chi connectivity index (χ3n) is 2.66. The molecule has 0 aliphatic carbocycles. The Morgan fingerprint density at radius 1 is 1.33 bits per heavy atom. The first-order valence-electron chi connectivity index (χ1n) is 5.55. The Hall–Kier alpha value is -0.520. The molecule has 0 aliphatic heterocycles. The molecule has 0 heterocycles. The summed E-state index contributed by atoms with van der Waals surface area (Å²) in [5.74, 6) is 0. The molecule has 0 saturated carbocycles. The molecule has 1 rings (SSSR count). The van der Waals surface area contributed by atoms with Gasteiger partial charge in [-0.3, -0.25) is 0 Å². The lowest BCUT2D eigenvalue weighted by atomic mass is 10.0. The summed E-state index contributed by atoms with van der Waals surface area (Å²) in [6.07, 6.45) is -0.772. The van der Waals surface area contributed by atoms with Crippen molar-refractivity contribution in [3.63, 3.8) is 0 Å². The van der Waals surface area contributed by atoms with Gasteiger partial charge in [0.05, 0.1) is 28.4 Å². The summed E-state index contributed by atoms with van der Waals surface area (Å²) in [6.45, 7) is 3.93. The minimum absolute atomic E-state index is 0.0248. The van der Waals surface area contributed by atoms with Crippen LogP contribution in [0, 0.1) is 0 Å². The average Bonchev–Trinajstić information content (AvgIpc) is 2.32. The fourth-order valence-electron chi connectivity index (χ4n) is 1.34. The van der Waals surface area contributed by atoms with Crippen LogP contribution in [0.2, 0.25) is 10.0 Å². The van der Waals surface area contributed by atoms with Gasteiger partial charge in [-0.25, -0.2) is 0 Å². The predicted molar refractivity (Wildman–Crippen MR) is 75.0 cm³/mol. The summed E-state index contributed by atoms with van der Waals surface area (Å²) in [6, 6.07) is 3.17. The maximum absolute atomic E-state index is 10.0. The molecule has 4 nitrogen and oxygen atoms in total. The third-order valence-corrected chi connectivity index (χ3v) is 3.28. The maximum Gasteiger partial charge on any atom is 0.0915 e. The number of nitrogens with two attached hydrogens (primary N) is 1. The van der Waals surface area contributed by atoms with Gasteiger partial charge in [0, 0.05) is 12.1 Å². The Labute approximate surface area is 117 Å². The lowest BCUT2D eigenvalue weighted by Crippen LogP contribution is -2.44. The molecule has 0 radical (unpaired) electrons. The first-order valence-corrected chi connectivity index (χ1v) is 6.31. The maximum atomic E-state index is 10.0. The van der Waals surface area contributed by atoms with Crippen LogP contribution in [-0.2, 0) is 0 Å². The van der Waals surface area contributed by atoms with Crippen molar-refractivity contribution in [2.45, 2.75) is 25.5 Å². The van der Waals surface area contributed by atoms with Crippen molar-refractivity contribution in [1.82, 2.24) is 5.32 Å². The number of anilines is 1. The molecule has 0 aromatic heterocycles. The van der Waals surface area contributed by atoms with Crippen LogP contribution in [0.1, 0.15) is 25.5 Å². The summed E-state index contributed by atoms with van der Waals surface area (Å²) in [5, 5.41) is 22.8. The van der Waals surface area contributed by atoms with E-state index >= 15 is 0 Å². The second-order valence-electron chi connectivity index (χ2n) is 4.84. The zero-order valence-electron chi connectivity index (χ0n) is 10.4. The highest BCUT2D eigenvalue weighted by Crippen LogP contribution is 2.31. The molecular weight excluding hydrogens is 275 g/mol. The number of nitrogens with one attached hydrogen (secondary N) is 1. The van der Waals surface area contributed by atoms with E-state index in [1.165, 1.54) is 0 Å². The smallest absolute Gasteiger partial charge is 0.0915 e. The van der Waals surface area contributed by atoms with Gasteiger partial charge in [0.15, 0.2) is 0 Å². The van der Waals surface area contributed by atoms with Crippen molar-refractivity contribution in [2.24, 2.45) is 0 Å². The van der Waals surface area contributed by atoms with Gasteiger partial charge in [0.25, 0.3) is 0 Å². The zero-order chi connectivity index (χ0) is 13.9. The molecule has 1 aromatic rings. The van der Waals surface area contributed by atoms with Crippen molar-refractivity contribution < 1.29 is 10.2 Å². The Kier molecular flexibility index (Phi) is 5.25. The van der Waals surface area contributed by atoms with Crippen LogP contribution in [0.15, 0.2) is 12.1 Å². The molecule has 0 aliphatic rings. The highest BCUT2D eigenvalue weighted by molar-refractivity contribution is 6.38. The minimum atomic E-state index is -0.772. The van der Waals surface area contributed by atoms with Crippen LogP contribution >= 0.6 is 23.2 Å². The predicted octanol–water partition coefficient (Wildman–Crippen LogP) is 1.97. The first kappa shape index (κ1) is 15.5. The largest absolute Gasteiger partial charge is 0.396 e. The zero-order valence-corrected chi connectivity index (χ0v) is 11.9. The number of β-amino-alcohol motifs (C(OH)–C–C–N with tert-alkyl or cyclic N) is 1. The number of aliphatic hydroxyl groups excluding tert-OH is 2. The lowest BCUT2D eigenvalue weighted by molar-refractivity contribution is 0.136. The van der Waals surface area contributed by atoms with Gasteiger partial charge < -0.3 is 21.3 Å². The monoisotopic (exact) mass is 292 g/mol. The normalized spacial score (nSPS) is 13.7. The third kappa shape index (κ3) is 4.00. The van der Waals surface area contributed by atoms with Crippen molar-refractivity contribution in [3.8, 4) is 0 Å². The summed E-state index contributed by atoms with van der Waals surface area (Å²) in [7, 11) is 0. The van der Waals surface area contributed by atoms with Gasteiger partial charge in [0.1, 0.15) is 0 Å². The molecule has 6 heteroatoms. The molecule has 0 spiro atoms. The van der Waals surface area contributed by atoms with E-state index in [-0.39, 0.29) is 13.2 Å². The van der Waals surface area contributed by atoms with Gasteiger partial charge in [-0.2, -0.15) is 0 Å². The lowest BCUT2D eigenvalue weighted by Gasteiger charge is -2.25. The van der Waals surface area contributed by atoms with Gasteiger partial charge in [-0.05, 0) is 31.5 Å². The van der Waals surface area contributed by atoms with E-state index in [4.69, 9.17) is 34.0 Å². The molecule has 102 valence electrons. The molecule has 1 aromatic carbocycles. The van der Waals surface area contributed by atoms with Crippen molar-refractivity contribution in [3.05, 3.63) is 27.7 Å². The standard InChI is InChI=1S/C12H18Cl2N2O2/c1-12(2,6-17)16-5-10(18)7-3-8(13)11(15)9(14)4-7/h3-4,10,16-18H,5-6,15H2,1-2H3/t10-/m0/s1. The first-order chi connectivity index (χ1) is 8.26. The average molecular weight is 293 g/mol. The fourth-order valence-corrected chi connectivity index (χ4v) is 1.85. The number of halogens is 2. The number of rotatable bonds is 5. The van der Waals surface area contributed by atoms with Gasteiger partial charge in [0.2, 0.25) is 0 Å². The quantitative estimate of drug-likeness (QED) is 0.626. The topological polar surface area (TPSA) is 78.5 Å². The highest BCUT2D eigenvalue weighted by Gasteiger charge is 2.18. The molecule has 0 bridgehead atoms. The second-order valence-corrected chi connectivity index (χ2v) is 5.65.